The third kappa shape index (κ3) is 4.73. The molecule has 10 aromatic rings. The van der Waals surface area contributed by atoms with Gasteiger partial charge in [0.15, 0.2) is 0 Å². The van der Waals surface area contributed by atoms with Crippen LogP contribution in [0.4, 0.5) is 17.1 Å². The molecule has 0 spiro atoms. The molecule has 10 rings (SSSR count). The summed E-state index contributed by atoms with van der Waals surface area (Å²) in [6.45, 7) is 0. The topological polar surface area (TPSA) is 16.4 Å². The summed E-state index contributed by atoms with van der Waals surface area (Å²) in [7, 11) is 0. The van der Waals surface area contributed by atoms with E-state index in [-0.39, 0.29) is 0 Å². The third-order valence-electron chi connectivity index (χ3n) is 10.0. The Morgan fingerprint density at radius 3 is 1.68 bits per heavy atom. The summed E-state index contributed by atoms with van der Waals surface area (Å²) in [6, 6.07) is 67.6. The van der Waals surface area contributed by atoms with Crippen LogP contribution in [0.25, 0.3) is 76.5 Å². The van der Waals surface area contributed by atoms with Crippen LogP contribution in [0.15, 0.2) is 192 Å². The third-order valence-corrected chi connectivity index (χ3v) is 10.0. The first kappa shape index (κ1) is 28.4. The molecule has 0 atom stereocenters. The molecule has 0 saturated heterocycles. The highest BCUT2D eigenvalue weighted by Crippen LogP contribution is 2.41. The van der Waals surface area contributed by atoms with Gasteiger partial charge in [0.2, 0.25) is 0 Å². The molecule has 0 aliphatic heterocycles. The lowest BCUT2D eigenvalue weighted by Gasteiger charge is -2.26. The van der Waals surface area contributed by atoms with E-state index in [9.17, 15) is 0 Å². The van der Waals surface area contributed by atoms with Crippen LogP contribution in [-0.2, 0) is 0 Å². The Kier molecular flexibility index (Phi) is 6.53. The Labute approximate surface area is 290 Å². The SMILES string of the molecule is c1ccc2cc(-c3ccc(N(c4ccc(-c5cccc6oc7ccccc7c56)cc4)c4ccc5ccc6ccccc6c5c4)cc3)ccc2c1. The van der Waals surface area contributed by atoms with Gasteiger partial charge < -0.3 is 9.32 Å². The van der Waals surface area contributed by atoms with Crippen molar-refractivity contribution in [1.29, 1.82) is 0 Å². The highest BCUT2D eigenvalue weighted by Gasteiger charge is 2.16. The number of rotatable bonds is 5. The van der Waals surface area contributed by atoms with Crippen molar-refractivity contribution >= 4 is 71.3 Å². The highest BCUT2D eigenvalue weighted by atomic mass is 16.3. The fraction of sp³-hybridized carbons (Fsp3) is 0. The number of anilines is 3. The molecule has 0 fully saturated rings. The number of fused-ring (bicyclic) bond motifs is 7. The average Bonchev–Trinajstić information content (AvgIpc) is 3.57. The van der Waals surface area contributed by atoms with E-state index in [1.165, 1.54) is 49.0 Å². The Morgan fingerprint density at radius 1 is 0.320 bits per heavy atom. The molecule has 1 heterocycles. The van der Waals surface area contributed by atoms with E-state index in [0.717, 1.165) is 44.6 Å². The molecular formula is C48H31NO. The van der Waals surface area contributed by atoms with E-state index in [4.69, 9.17) is 4.42 Å². The van der Waals surface area contributed by atoms with Crippen molar-refractivity contribution in [3.63, 3.8) is 0 Å². The van der Waals surface area contributed by atoms with Gasteiger partial charge in [-0.3, -0.25) is 0 Å². The molecule has 2 nitrogen and oxygen atoms in total. The molecule has 0 radical (unpaired) electrons. The number of hydrogen-bond acceptors (Lipinski definition) is 2. The molecule has 0 N–H and O–H groups in total. The van der Waals surface area contributed by atoms with Gasteiger partial charge in [-0.25, -0.2) is 0 Å². The summed E-state index contributed by atoms with van der Waals surface area (Å²) in [6.07, 6.45) is 0. The minimum Gasteiger partial charge on any atom is -0.456 e. The minimum absolute atomic E-state index is 0.907. The first-order chi connectivity index (χ1) is 24.8. The predicted molar refractivity (Wildman–Crippen MR) is 212 cm³/mol. The molecule has 234 valence electrons. The van der Waals surface area contributed by atoms with Crippen molar-refractivity contribution in [2.24, 2.45) is 0 Å². The van der Waals surface area contributed by atoms with Gasteiger partial charge in [-0.05, 0) is 109 Å². The maximum Gasteiger partial charge on any atom is 0.136 e. The van der Waals surface area contributed by atoms with Crippen LogP contribution in [0.5, 0.6) is 0 Å². The lowest BCUT2D eigenvalue weighted by atomic mass is 9.98. The van der Waals surface area contributed by atoms with Crippen molar-refractivity contribution in [3.8, 4) is 22.3 Å². The van der Waals surface area contributed by atoms with Gasteiger partial charge in [-0.2, -0.15) is 0 Å². The summed E-state index contributed by atoms with van der Waals surface area (Å²) in [4.78, 5) is 2.36. The number of para-hydroxylation sites is 1. The lowest BCUT2D eigenvalue weighted by molar-refractivity contribution is 0.669. The number of furan rings is 1. The zero-order valence-electron chi connectivity index (χ0n) is 27.3. The van der Waals surface area contributed by atoms with Crippen molar-refractivity contribution in [1.82, 2.24) is 0 Å². The van der Waals surface area contributed by atoms with Crippen LogP contribution >= 0.6 is 0 Å². The van der Waals surface area contributed by atoms with Crippen LogP contribution < -0.4 is 4.90 Å². The molecule has 1 aromatic heterocycles. The van der Waals surface area contributed by atoms with E-state index in [2.05, 4.69) is 181 Å². The molecule has 0 aliphatic rings. The fourth-order valence-corrected chi connectivity index (χ4v) is 7.55. The maximum absolute atomic E-state index is 6.21. The summed E-state index contributed by atoms with van der Waals surface area (Å²) in [5.41, 5.74) is 9.86. The van der Waals surface area contributed by atoms with Crippen LogP contribution in [0.1, 0.15) is 0 Å². The van der Waals surface area contributed by atoms with Crippen LogP contribution in [0.3, 0.4) is 0 Å². The number of benzene rings is 9. The van der Waals surface area contributed by atoms with Gasteiger partial charge in [0.25, 0.3) is 0 Å². The molecule has 0 amide bonds. The van der Waals surface area contributed by atoms with Crippen molar-refractivity contribution in [3.05, 3.63) is 188 Å². The van der Waals surface area contributed by atoms with Crippen molar-refractivity contribution < 1.29 is 4.42 Å². The van der Waals surface area contributed by atoms with Crippen LogP contribution in [0, 0.1) is 0 Å². The summed E-state index contributed by atoms with van der Waals surface area (Å²) < 4.78 is 6.21. The lowest BCUT2D eigenvalue weighted by Crippen LogP contribution is -2.09. The molecule has 0 unspecified atom stereocenters. The summed E-state index contributed by atoms with van der Waals surface area (Å²) in [5.74, 6) is 0. The zero-order valence-corrected chi connectivity index (χ0v) is 27.3. The second-order valence-electron chi connectivity index (χ2n) is 13.0. The van der Waals surface area contributed by atoms with Crippen LogP contribution in [0.2, 0.25) is 0 Å². The zero-order chi connectivity index (χ0) is 33.0. The first-order valence-corrected chi connectivity index (χ1v) is 17.1. The van der Waals surface area contributed by atoms with E-state index >= 15 is 0 Å². The summed E-state index contributed by atoms with van der Waals surface area (Å²) >= 11 is 0. The van der Waals surface area contributed by atoms with E-state index in [0.29, 0.717) is 0 Å². The minimum atomic E-state index is 0.907. The molecule has 0 bridgehead atoms. The molecule has 0 aliphatic carbocycles. The number of nitrogens with zero attached hydrogens (tertiary/aromatic N) is 1. The Morgan fingerprint density at radius 2 is 0.880 bits per heavy atom. The standard InChI is InChI=1S/C48H31NO/c1-2-10-37-30-38(19-16-32(37)8-1)33-20-25-39(26-21-33)49(41-29-24-36-18-17-34-9-3-4-11-42(34)45(36)31-41)40-27-22-35(23-28-40)43-13-7-15-47-48(43)44-12-5-6-14-46(44)50-47/h1-31H. The number of hydrogen-bond donors (Lipinski definition) is 0. The normalized spacial score (nSPS) is 11.6. The Bertz CT molecular complexity index is 2860. The van der Waals surface area contributed by atoms with Crippen LogP contribution in [-0.4, -0.2) is 0 Å². The summed E-state index contributed by atoms with van der Waals surface area (Å²) in [5, 5.41) is 9.77. The molecule has 50 heavy (non-hydrogen) atoms. The van der Waals surface area contributed by atoms with Gasteiger partial charge in [-0.15, -0.1) is 0 Å². The average molecular weight is 638 g/mol. The molecule has 9 aromatic carbocycles. The van der Waals surface area contributed by atoms with Crippen molar-refractivity contribution in [2.75, 3.05) is 4.90 Å². The van der Waals surface area contributed by atoms with E-state index in [1.54, 1.807) is 0 Å². The monoisotopic (exact) mass is 637 g/mol. The van der Waals surface area contributed by atoms with Gasteiger partial charge in [0.05, 0.1) is 0 Å². The fourth-order valence-electron chi connectivity index (χ4n) is 7.55. The largest absolute Gasteiger partial charge is 0.456 e. The molecule has 2 heteroatoms. The van der Waals surface area contributed by atoms with Gasteiger partial charge >= 0.3 is 0 Å². The van der Waals surface area contributed by atoms with Gasteiger partial charge in [0, 0.05) is 27.8 Å². The first-order valence-electron chi connectivity index (χ1n) is 17.1. The Balaban J connectivity index is 1.10. The van der Waals surface area contributed by atoms with Gasteiger partial charge in [0.1, 0.15) is 11.2 Å². The Hall–Kier alpha value is -6.64. The van der Waals surface area contributed by atoms with E-state index in [1.807, 2.05) is 12.1 Å². The smallest absolute Gasteiger partial charge is 0.136 e. The predicted octanol–water partition coefficient (Wildman–Crippen LogP) is 13.8. The highest BCUT2D eigenvalue weighted by molar-refractivity contribution is 6.12. The second-order valence-corrected chi connectivity index (χ2v) is 13.0. The molecular weight excluding hydrogens is 607 g/mol. The molecule has 0 saturated carbocycles. The van der Waals surface area contributed by atoms with Gasteiger partial charge in [-0.1, -0.05) is 133 Å². The van der Waals surface area contributed by atoms with Crippen molar-refractivity contribution in [2.45, 2.75) is 0 Å². The quantitative estimate of drug-likeness (QED) is 0.175. The maximum atomic E-state index is 6.21. The van der Waals surface area contributed by atoms with E-state index < -0.39 is 0 Å². The second kappa shape index (κ2) is 11.5.